The number of aromatic nitrogens is 1. The van der Waals surface area contributed by atoms with Gasteiger partial charge in [0.25, 0.3) is 0 Å². The minimum absolute atomic E-state index is 0.246. The number of thiazole rings is 1. The fraction of sp³-hybridized carbons (Fsp3) is 0.812. The Morgan fingerprint density at radius 3 is 2.85 bits per heavy atom. The highest BCUT2D eigenvalue weighted by Gasteiger charge is 2.36. The first-order valence-corrected chi connectivity index (χ1v) is 8.75. The first-order valence-electron chi connectivity index (χ1n) is 7.87. The molecular formula is C16H29N3S. The molecule has 4 heteroatoms. The van der Waals surface area contributed by atoms with Crippen molar-refractivity contribution < 1.29 is 0 Å². The van der Waals surface area contributed by atoms with E-state index in [1.165, 1.54) is 17.8 Å². The summed E-state index contributed by atoms with van der Waals surface area (Å²) in [7, 11) is 0. The molecule has 3 unspecified atom stereocenters. The highest BCUT2D eigenvalue weighted by atomic mass is 32.1. The SMILES string of the molecule is CCC(C)C1CNC(C)(CC)CN1Cc1nc(C)cs1. The molecule has 1 fully saturated rings. The van der Waals surface area contributed by atoms with E-state index < -0.39 is 0 Å². The Morgan fingerprint density at radius 2 is 2.30 bits per heavy atom. The molecule has 1 N–H and O–H groups in total. The molecule has 3 nitrogen and oxygen atoms in total. The summed E-state index contributed by atoms with van der Waals surface area (Å²) in [6, 6.07) is 0.629. The van der Waals surface area contributed by atoms with Crippen LogP contribution < -0.4 is 5.32 Å². The standard InChI is InChI=1S/C16H29N3S/c1-6-12(3)14-8-17-16(5,7-2)11-19(14)9-15-18-13(4)10-20-15/h10,12,14,17H,6-9,11H2,1-5H3. The van der Waals surface area contributed by atoms with E-state index in [1.807, 2.05) is 0 Å². The predicted octanol–water partition coefficient (Wildman–Crippen LogP) is 3.44. The summed E-state index contributed by atoms with van der Waals surface area (Å²) in [6.07, 6.45) is 2.41. The lowest BCUT2D eigenvalue weighted by atomic mass is 9.88. The summed E-state index contributed by atoms with van der Waals surface area (Å²) >= 11 is 1.80. The lowest BCUT2D eigenvalue weighted by molar-refractivity contribution is 0.0486. The average Bonchev–Trinajstić information content (AvgIpc) is 2.83. The summed E-state index contributed by atoms with van der Waals surface area (Å²) in [4.78, 5) is 7.31. The van der Waals surface area contributed by atoms with Gasteiger partial charge in [0.15, 0.2) is 0 Å². The molecule has 0 spiro atoms. The van der Waals surface area contributed by atoms with Crippen LogP contribution >= 0.6 is 11.3 Å². The Hall–Kier alpha value is -0.450. The van der Waals surface area contributed by atoms with Gasteiger partial charge in [-0.1, -0.05) is 27.2 Å². The minimum atomic E-state index is 0.246. The first-order chi connectivity index (χ1) is 9.47. The van der Waals surface area contributed by atoms with Crippen molar-refractivity contribution in [3.05, 3.63) is 16.1 Å². The van der Waals surface area contributed by atoms with E-state index in [-0.39, 0.29) is 5.54 Å². The minimum Gasteiger partial charge on any atom is -0.309 e. The second-order valence-corrected chi connectivity index (χ2v) is 7.48. The molecule has 2 heterocycles. The van der Waals surface area contributed by atoms with Gasteiger partial charge in [0.1, 0.15) is 5.01 Å². The Balaban J connectivity index is 2.13. The summed E-state index contributed by atoms with van der Waals surface area (Å²) in [5.41, 5.74) is 1.40. The van der Waals surface area contributed by atoms with Crippen molar-refractivity contribution in [2.24, 2.45) is 5.92 Å². The van der Waals surface area contributed by atoms with Gasteiger partial charge < -0.3 is 5.32 Å². The maximum absolute atomic E-state index is 4.65. The number of piperazine rings is 1. The summed E-state index contributed by atoms with van der Waals surface area (Å²) in [5, 5.41) is 7.19. The van der Waals surface area contributed by atoms with Gasteiger partial charge in [0, 0.05) is 35.7 Å². The Labute approximate surface area is 127 Å². The van der Waals surface area contributed by atoms with Crippen LogP contribution in [0.2, 0.25) is 0 Å². The normalized spacial score (nSPS) is 29.6. The number of nitrogens with zero attached hydrogens (tertiary/aromatic N) is 2. The maximum atomic E-state index is 4.65. The van der Waals surface area contributed by atoms with Gasteiger partial charge >= 0.3 is 0 Å². The molecule has 1 aliphatic heterocycles. The largest absolute Gasteiger partial charge is 0.309 e. The van der Waals surface area contributed by atoms with Crippen molar-refractivity contribution in [2.75, 3.05) is 13.1 Å². The monoisotopic (exact) mass is 295 g/mol. The number of nitrogens with one attached hydrogen (secondary N) is 1. The van der Waals surface area contributed by atoms with Crippen molar-refractivity contribution in [1.29, 1.82) is 0 Å². The maximum Gasteiger partial charge on any atom is 0.107 e. The predicted molar refractivity (Wildman–Crippen MR) is 87.2 cm³/mol. The zero-order valence-electron chi connectivity index (χ0n) is 13.6. The highest BCUT2D eigenvalue weighted by molar-refractivity contribution is 7.09. The molecule has 0 aliphatic carbocycles. The molecule has 0 aromatic carbocycles. The van der Waals surface area contributed by atoms with Crippen molar-refractivity contribution in [3.63, 3.8) is 0 Å². The van der Waals surface area contributed by atoms with Crippen LogP contribution in [0.5, 0.6) is 0 Å². The summed E-state index contributed by atoms with van der Waals surface area (Å²) < 4.78 is 0. The molecule has 1 aromatic heterocycles. The van der Waals surface area contributed by atoms with Crippen molar-refractivity contribution in [3.8, 4) is 0 Å². The van der Waals surface area contributed by atoms with Gasteiger partial charge in [0.05, 0.1) is 6.54 Å². The van der Waals surface area contributed by atoms with Crippen LogP contribution in [0.25, 0.3) is 0 Å². The summed E-state index contributed by atoms with van der Waals surface area (Å²) in [5.74, 6) is 0.727. The van der Waals surface area contributed by atoms with Crippen LogP contribution in [0.4, 0.5) is 0 Å². The molecule has 3 atom stereocenters. The second kappa shape index (κ2) is 6.54. The Kier molecular flexibility index (Phi) is 5.21. The molecule has 0 amide bonds. The van der Waals surface area contributed by atoms with E-state index in [4.69, 9.17) is 0 Å². The molecule has 0 saturated carbocycles. The third-order valence-corrected chi connectivity index (χ3v) is 5.80. The smallest absolute Gasteiger partial charge is 0.107 e. The third kappa shape index (κ3) is 3.60. The fourth-order valence-corrected chi connectivity index (χ4v) is 3.79. The third-order valence-electron chi connectivity index (χ3n) is 4.85. The van der Waals surface area contributed by atoms with E-state index in [2.05, 4.69) is 55.2 Å². The van der Waals surface area contributed by atoms with Gasteiger partial charge in [-0.2, -0.15) is 0 Å². The van der Waals surface area contributed by atoms with Gasteiger partial charge in [-0.25, -0.2) is 4.98 Å². The molecule has 0 bridgehead atoms. The molecular weight excluding hydrogens is 266 g/mol. The second-order valence-electron chi connectivity index (χ2n) is 6.54. The van der Waals surface area contributed by atoms with E-state index in [9.17, 15) is 0 Å². The molecule has 2 rings (SSSR count). The van der Waals surface area contributed by atoms with E-state index >= 15 is 0 Å². The Bertz CT molecular complexity index is 431. The number of rotatable bonds is 5. The van der Waals surface area contributed by atoms with Gasteiger partial charge in [-0.05, 0) is 26.2 Å². The van der Waals surface area contributed by atoms with Crippen LogP contribution in [0, 0.1) is 12.8 Å². The molecule has 114 valence electrons. The first kappa shape index (κ1) is 15.9. The molecule has 1 saturated heterocycles. The van der Waals surface area contributed by atoms with Crippen molar-refractivity contribution in [2.45, 2.75) is 65.6 Å². The number of hydrogen-bond donors (Lipinski definition) is 1. The summed E-state index contributed by atoms with van der Waals surface area (Å²) in [6.45, 7) is 14.6. The zero-order chi connectivity index (χ0) is 14.8. The van der Waals surface area contributed by atoms with E-state index in [0.717, 1.165) is 31.2 Å². The van der Waals surface area contributed by atoms with Crippen LogP contribution in [-0.4, -0.2) is 34.6 Å². The zero-order valence-corrected chi connectivity index (χ0v) is 14.4. The van der Waals surface area contributed by atoms with Crippen LogP contribution in [0.3, 0.4) is 0 Å². The van der Waals surface area contributed by atoms with Crippen LogP contribution in [0.15, 0.2) is 5.38 Å². The molecule has 0 radical (unpaired) electrons. The Morgan fingerprint density at radius 1 is 1.55 bits per heavy atom. The number of aryl methyl sites for hydroxylation is 1. The van der Waals surface area contributed by atoms with E-state index in [1.54, 1.807) is 11.3 Å². The van der Waals surface area contributed by atoms with Crippen LogP contribution in [-0.2, 0) is 6.54 Å². The molecule has 20 heavy (non-hydrogen) atoms. The topological polar surface area (TPSA) is 28.2 Å². The van der Waals surface area contributed by atoms with Crippen molar-refractivity contribution in [1.82, 2.24) is 15.2 Å². The number of hydrogen-bond acceptors (Lipinski definition) is 4. The molecule has 1 aliphatic rings. The fourth-order valence-electron chi connectivity index (χ4n) is 2.99. The lowest BCUT2D eigenvalue weighted by Crippen LogP contribution is -2.63. The average molecular weight is 295 g/mol. The van der Waals surface area contributed by atoms with Gasteiger partial charge in [0.2, 0.25) is 0 Å². The molecule has 1 aromatic rings. The highest BCUT2D eigenvalue weighted by Crippen LogP contribution is 2.26. The van der Waals surface area contributed by atoms with Gasteiger partial charge in [-0.3, -0.25) is 4.90 Å². The van der Waals surface area contributed by atoms with Crippen molar-refractivity contribution >= 4 is 11.3 Å². The van der Waals surface area contributed by atoms with E-state index in [0.29, 0.717) is 6.04 Å². The quantitative estimate of drug-likeness (QED) is 0.902. The van der Waals surface area contributed by atoms with Crippen LogP contribution in [0.1, 0.15) is 51.2 Å². The van der Waals surface area contributed by atoms with Gasteiger partial charge in [-0.15, -0.1) is 11.3 Å². The lowest BCUT2D eigenvalue weighted by Gasteiger charge is -2.47.